The van der Waals surface area contributed by atoms with Crippen molar-refractivity contribution < 1.29 is 14.3 Å². The number of methoxy groups -OCH3 is 2. The molecule has 0 aliphatic carbocycles. The van der Waals surface area contributed by atoms with Crippen molar-refractivity contribution in [3.05, 3.63) is 54.1 Å². The van der Waals surface area contributed by atoms with Crippen LogP contribution in [0.25, 0.3) is 10.9 Å². The Hall–Kier alpha value is -2.73. The smallest absolute Gasteiger partial charge is 0.234 e. The van der Waals surface area contributed by atoms with Crippen LogP contribution >= 0.6 is 11.8 Å². The number of thioether (sulfide) groups is 1. The average molecular weight is 368 g/mol. The van der Waals surface area contributed by atoms with Crippen LogP contribution in [0.1, 0.15) is 5.56 Å². The van der Waals surface area contributed by atoms with E-state index in [-0.39, 0.29) is 11.7 Å². The first-order chi connectivity index (χ1) is 12.6. The van der Waals surface area contributed by atoms with Gasteiger partial charge in [0.05, 0.1) is 30.5 Å². The number of aromatic nitrogens is 1. The van der Waals surface area contributed by atoms with Gasteiger partial charge in [-0.05, 0) is 24.6 Å². The number of pyridine rings is 1. The molecule has 0 fully saturated rings. The molecular weight excluding hydrogens is 348 g/mol. The Labute approximate surface area is 156 Å². The van der Waals surface area contributed by atoms with Crippen molar-refractivity contribution in [1.29, 1.82) is 0 Å². The quantitative estimate of drug-likeness (QED) is 0.658. The van der Waals surface area contributed by atoms with Crippen molar-refractivity contribution in [2.45, 2.75) is 11.9 Å². The summed E-state index contributed by atoms with van der Waals surface area (Å²) in [4.78, 5) is 16.9. The molecule has 5 nitrogen and oxygen atoms in total. The van der Waals surface area contributed by atoms with Crippen LogP contribution in [0.4, 0.5) is 5.69 Å². The van der Waals surface area contributed by atoms with Crippen LogP contribution < -0.4 is 14.8 Å². The minimum absolute atomic E-state index is 0.113. The third-order valence-corrected chi connectivity index (χ3v) is 4.80. The number of hydrogen-bond acceptors (Lipinski definition) is 5. The highest BCUT2D eigenvalue weighted by Gasteiger charge is 2.09. The highest BCUT2D eigenvalue weighted by molar-refractivity contribution is 7.99. The summed E-state index contributed by atoms with van der Waals surface area (Å²) < 4.78 is 10.4. The molecule has 0 aliphatic rings. The Morgan fingerprint density at radius 2 is 1.77 bits per heavy atom. The molecule has 0 aliphatic heterocycles. The second kappa shape index (κ2) is 8.10. The molecule has 2 aromatic carbocycles. The molecule has 26 heavy (non-hydrogen) atoms. The molecule has 0 saturated heterocycles. The number of para-hydroxylation sites is 1. The van der Waals surface area contributed by atoms with Crippen LogP contribution in [0.3, 0.4) is 0 Å². The van der Waals surface area contributed by atoms with Gasteiger partial charge in [0.1, 0.15) is 11.5 Å². The number of ether oxygens (including phenoxy) is 2. The molecule has 0 atom stereocenters. The number of carbonyl (C=O) groups excluding carboxylic acids is 1. The summed E-state index contributed by atoms with van der Waals surface area (Å²) in [5.41, 5.74) is 2.72. The number of rotatable bonds is 6. The molecule has 0 bridgehead atoms. The number of benzene rings is 2. The summed E-state index contributed by atoms with van der Waals surface area (Å²) in [5.74, 6) is 1.40. The van der Waals surface area contributed by atoms with Gasteiger partial charge in [-0.3, -0.25) is 4.79 Å². The van der Waals surface area contributed by atoms with Crippen LogP contribution in [0.2, 0.25) is 0 Å². The predicted octanol–water partition coefficient (Wildman–Crippen LogP) is 4.29. The maximum absolute atomic E-state index is 12.3. The van der Waals surface area contributed by atoms with Crippen molar-refractivity contribution in [2.75, 3.05) is 25.3 Å². The summed E-state index contributed by atoms with van der Waals surface area (Å²) in [6, 6.07) is 15.3. The second-order valence-corrected chi connectivity index (χ2v) is 6.73. The number of nitrogens with zero attached hydrogens (tertiary/aromatic N) is 1. The molecular formula is C20H20N2O3S. The van der Waals surface area contributed by atoms with Gasteiger partial charge >= 0.3 is 0 Å². The van der Waals surface area contributed by atoms with E-state index in [1.165, 1.54) is 11.8 Å². The highest BCUT2D eigenvalue weighted by atomic mass is 32.2. The summed E-state index contributed by atoms with van der Waals surface area (Å²) in [7, 11) is 3.15. The van der Waals surface area contributed by atoms with E-state index in [1.807, 2.05) is 24.3 Å². The topological polar surface area (TPSA) is 60.5 Å². The van der Waals surface area contributed by atoms with Gasteiger partial charge in [0.25, 0.3) is 0 Å². The molecule has 3 rings (SSSR count). The highest BCUT2D eigenvalue weighted by Crippen LogP contribution is 2.27. The van der Waals surface area contributed by atoms with E-state index < -0.39 is 0 Å². The van der Waals surface area contributed by atoms with Crippen molar-refractivity contribution in [3.8, 4) is 11.5 Å². The Morgan fingerprint density at radius 1 is 1.08 bits per heavy atom. The zero-order chi connectivity index (χ0) is 18.5. The standard InChI is InChI=1S/C20H20N2O3S/c1-13-8-20(22-18-7-5-4-6-17(13)18)26-12-19(23)21-14-9-15(24-2)11-16(10-14)25-3/h4-11H,12H2,1-3H3,(H,21,23). The van der Waals surface area contributed by atoms with Crippen molar-refractivity contribution >= 4 is 34.3 Å². The first kappa shape index (κ1) is 18.1. The second-order valence-electron chi connectivity index (χ2n) is 5.73. The predicted molar refractivity (Wildman–Crippen MR) is 105 cm³/mol. The minimum Gasteiger partial charge on any atom is -0.497 e. The molecule has 3 aromatic rings. The number of fused-ring (bicyclic) bond motifs is 1. The Morgan fingerprint density at radius 3 is 2.46 bits per heavy atom. The van der Waals surface area contributed by atoms with Gasteiger partial charge in [-0.15, -0.1) is 0 Å². The number of carbonyl (C=O) groups is 1. The molecule has 1 N–H and O–H groups in total. The molecule has 1 aromatic heterocycles. The monoisotopic (exact) mass is 368 g/mol. The zero-order valence-electron chi connectivity index (χ0n) is 14.9. The normalized spacial score (nSPS) is 10.6. The fourth-order valence-corrected chi connectivity index (χ4v) is 3.38. The lowest BCUT2D eigenvalue weighted by atomic mass is 10.1. The maximum atomic E-state index is 12.3. The summed E-state index contributed by atoms with van der Waals surface area (Å²) >= 11 is 1.41. The van der Waals surface area contributed by atoms with E-state index >= 15 is 0 Å². The van der Waals surface area contributed by atoms with Crippen LogP contribution in [0.15, 0.2) is 53.6 Å². The fourth-order valence-electron chi connectivity index (χ4n) is 2.61. The van der Waals surface area contributed by atoms with E-state index in [0.717, 1.165) is 21.5 Å². The SMILES string of the molecule is COc1cc(NC(=O)CSc2cc(C)c3ccccc3n2)cc(OC)c1. The maximum Gasteiger partial charge on any atom is 0.234 e. The molecule has 0 unspecified atom stereocenters. The first-order valence-electron chi connectivity index (χ1n) is 8.11. The van der Waals surface area contributed by atoms with Gasteiger partial charge in [0.2, 0.25) is 5.91 Å². The molecule has 134 valence electrons. The summed E-state index contributed by atoms with van der Waals surface area (Å²) in [6.07, 6.45) is 0. The van der Waals surface area contributed by atoms with Gasteiger partial charge in [0.15, 0.2) is 0 Å². The Bertz CT molecular complexity index is 921. The van der Waals surface area contributed by atoms with E-state index in [2.05, 4.69) is 23.3 Å². The number of aryl methyl sites for hydroxylation is 1. The van der Waals surface area contributed by atoms with E-state index in [1.54, 1.807) is 32.4 Å². The largest absolute Gasteiger partial charge is 0.497 e. The summed E-state index contributed by atoms with van der Waals surface area (Å²) in [5, 5.41) is 4.83. The number of nitrogens with one attached hydrogen (secondary N) is 1. The zero-order valence-corrected chi connectivity index (χ0v) is 15.7. The van der Waals surface area contributed by atoms with Gasteiger partial charge in [-0.2, -0.15) is 0 Å². The fraction of sp³-hybridized carbons (Fsp3) is 0.200. The number of anilines is 1. The Kier molecular flexibility index (Phi) is 5.63. The average Bonchev–Trinajstić information content (AvgIpc) is 2.66. The molecule has 1 amide bonds. The molecule has 6 heteroatoms. The van der Waals surface area contributed by atoms with Crippen molar-refractivity contribution in [3.63, 3.8) is 0 Å². The lowest BCUT2D eigenvalue weighted by Crippen LogP contribution is -2.14. The number of amides is 1. The van der Waals surface area contributed by atoms with Crippen LogP contribution in [0.5, 0.6) is 11.5 Å². The van der Waals surface area contributed by atoms with Crippen LogP contribution in [-0.4, -0.2) is 30.9 Å². The first-order valence-corrected chi connectivity index (χ1v) is 9.09. The van der Waals surface area contributed by atoms with E-state index in [9.17, 15) is 4.79 Å². The van der Waals surface area contributed by atoms with E-state index in [0.29, 0.717) is 17.2 Å². The van der Waals surface area contributed by atoms with Crippen LogP contribution in [0, 0.1) is 6.92 Å². The lowest BCUT2D eigenvalue weighted by Gasteiger charge is -2.10. The molecule has 0 spiro atoms. The minimum atomic E-state index is -0.113. The van der Waals surface area contributed by atoms with Gasteiger partial charge < -0.3 is 14.8 Å². The Balaban J connectivity index is 1.68. The van der Waals surface area contributed by atoms with Gasteiger partial charge in [0, 0.05) is 29.3 Å². The van der Waals surface area contributed by atoms with E-state index in [4.69, 9.17) is 9.47 Å². The molecule has 1 heterocycles. The van der Waals surface area contributed by atoms with Crippen molar-refractivity contribution in [2.24, 2.45) is 0 Å². The number of hydrogen-bond donors (Lipinski definition) is 1. The van der Waals surface area contributed by atoms with Crippen molar-refractivity contribution in [1.82, 2.24) is 4.98 Å². The third kappa shape index (κ3) is 4.26. The van der Waals surface area contributed by atoms with Gasteiger partial charge in [-0.1, -0.05) is 30.0 Å². The van der Waals surface area contributed by atoms with Gasteiger partial charge in [-0.25, -0.2) is 4.98 Å². The van der Waals surface area contributed by atoms with Crippen LogP contribution in [-0.2, 0) is 4.79 Å². The lowest BCUT2D eigenvalue weighted by molar-refractivity contribution is -0.113. The molecule has 0 saturated carbocycles. The molecule has 0 radical (unpaired) electrons. The third-order valence-electron chi connectivity index (χ3n) is 3.89. The summed E-state index contributed by atoms with van der Waals surface area (Å²) in [6.45, 7) is 2.05.